The molecule has 0 bridgehead atoms. The molecular weight excluding hydrogens is 485 g/mol. The Balaban J connectivity index is 1.73. The summed E-state index contributed by atoms with van der Waals surface area (Å²) in [5.74, 6) is 0.596. The Labute approximate surface area is 175 Å². The van der Waals surface area contributed by atoms with Gasteiger partial charge in [-0.15, -0.1) is 0 Å². The van der Waals surface area contributed by atoms with Gasteiger partial charge < -0.3 is 14.8 Å². The third kappa shape index (κ3) is 7.56. The van der Waals surface area contributed by atoms with Crippen LogP contribution in [-0.4, -0.2) is 36.0 Å². The Bertz CT molecular complexity index is 700. The SMILES string of the molecule is O=C(NCCOc1ccc(Cc2ccccc2)cc1Cl)OCC(Br)CBr. The summed E-state index contributed by atoms with van der Waals surface area (Å²) in [5.41, 5.74) is 2.34. The molecule has 2 aromatic carbocycles. The molecule has 26 heavy (non-hydrogen) atoms. The first-order valence-electron chi connectivity index (χ1n) is 8.14. The van der Waals surface area contributed by atoms with Gasteiger partial charge in [-0.2, -0.15) is 0 Å². The van der Waals surface area contributed by atoms with Crippen molar-refractivity contribution in [2.75, 3.05) is 25.1 Å². The molecular formula is C19H20Br2ClNO3. The van der Waals surface area contributed by atoms with E-state index in [9.17, 15) is 4.79 Å². The summed E-state index contributed by atoms with van der Waals surface area (Å²) in [5, 5.41) is 3.90. The highest BCUT2D eigenvalue weighted by atomic mass is 79.9. The van der Waals surface area contributed by atoms with E-state index in [1.165, 1.54) is 5.56 Å². The van der Waals surface area contributed by atoms with E-state index in [1.54, 1.807) is 0 Å². The van der Waals surface area contributed by atoms with E-state index in [1.807, 2.05) is 36.4 Å². The van der Waals surface area contributed by atoms with E-state index in [0.717, 1.165) is 12.0 Å². The van der Waals surface area contributed by atoms with Gasteiger partial charge in [0.15, 0.2) is 0 Å². The third-order valence-corrected chi connectivity index (χ3v) is 5.97. The van der Waals surface area contributed by atoms with Crippen LogP contribution in [0, 0.1) is 0 Å². The van der Waals surface area contributed by atoms with Crippen LogP contribution in [0.4, 0.5) is 4.79 Å². The predicted octanol–water partition coefficient (Wildman–Crippen LogP) is 5.19. The van der Waals surface area contributed by atoms with Crippen molar-refractivity contribution in [3.8, 4) is 5.75 Å². The fraction of sp³-hybridized carbons (Fsp3) is 0.316. The zero-order chi connectivity index (χ0) is 18.8. The van der Waals surface area contributed by atoms with E-state index in [2.05, 4.69) is 49.3 Å². The topological polar surface area (TPSA) is 47.6 Å². The number of alkyl carbamates (subject to hydrolysis) is 1. The van der Waals surface area contributed by atoms with Crippen molar-refractivity contribution in [1.29, 1.82) is 0 Å². The summed E-state index contributed by atoms with van der Waals surface area (Å²) >= 11 is 12.9. The molecule has 140 valence electrons. The lowest BCUT2D eigenvalue weighted by molar-refractivity contribution is 0.146. The summed E-state index contributed by atoms with van der Waals surface area (Å²) in [7, 11) is 0. The smallest absolute Gasteiger partial charge is 0.407 e. The highest BCUT2D eigenvalue weighted by molar-refractivity contribution is 9.12. The second-order valence-electron chi connectivity index (χ2n) is 5.55. The van der Waals surface area contributed by atoms with Crippen LogP contribution in [0.3, 0.4) is 0 Å². The number of rotatable bonds is 9. The molecule has 1 amide bonds. The molecule has 0 aliphatic rings. The summed E-state index contributed by atoms with van der Waals surface area (Å²) in [6.45, 7) is 0.942. The van der Waals surface area contributed by atoms with Crippen molar-refractivity contribution in [1.82, 2.24) is 5.32 Å². The molecule has 2 rings (SSSR count). The molecule has 1 N–H and O–H groups in total. The summed E-state index contributed by atoms with van der Waals surface area (Å²) in [4.78, 5) is 11.6. The van der Waals surface area contributed by atoms with Gasteiger partial charge in [-0.3, -0.25) is 0 Å². The van der Waals surface area contributed by atoms with Crippen LogP contribution in [0.5, 0.6) is 5.75 Å². The van der Waals surface area contributed by atoms with Crippen molar-refractivity contribution in [2.24, 2.45) is 0 Å². The lowest BCUT2D eigenvalue weighted by Gasteiger charge is -2.11. The number of hydrogen-bond donors (Lipinski definition) is 1. The Morgan fingerprint density at radius 3 is 2.62 bits per heavy atom. The van der Waals surface area contributed by atoms with Crippen LogP contribution < -0.4 is 10.1 Å². The summed E-state index contributed by atoms with van der Waals surface area (Å²) in [6, 6.07) is 15.9. The number of benzene rings is 2. The van der Waals surface area contributed by atoms with Crippen LogP contribution >= 0.6 is 43.5 Å². The fourth-order valence-corrected chi connectivity index (χ4v) is 2.76. The van der Waals surface area contributed by atoms with Gasteiger partial charge in [0, 0.05) is 5.33 Å². The van der Waals surface area contributed by atoms with Gasteiger partial charge >= 0.3 is 6.09 Å². The van der Waals surface area contributed by atoms with Crippen molar-refractivity contribution >= 4 is 49.6 Å². The first kappa shape index (κ1) is 21.1. The Morgan fingerprint density at radius 2 is 1.92 bits per heavy atom. The maximum absolute atomic E-state index is 11.5. The molecule has 7 heteroatoms. The standard InChI is InChI=1S/C19H20Br2ClNO3/c20-12-16(21)13-26-19(24)23-8-9-25-18-7-6-15(11-17(18)22)10-14-4-2-1-3-5-14/h1-7,11,16H,8-10,12-13H2,(H,23,24). The number of hydrogen-bond acceptors (Lipinski definition) is 3. The molecule has 0 heterocycles. The number of alkyl halides is 2. The lowest BCUT2D eigenvalue weighted by atomic mass is 10.1. The Kier molecular flexibility index (Phi) is 9.29. The minimum absolute atomic E-state index is 0.0951. The fourth-order valence-electron chi connectivity index (χ4n) is 2.18. The molecule has 1 unspecified atom stereocenters. The van der Waals surface area contributed by atoms with Gasteiger partial charge in [-0.05, 0) is 29.7 Å². The summed E-state index contributed by atoms with van der Waals surface area (Å²) < 4.78 is 10.7. The van der Waals surface area contributed by atoms with Crippen LogP contribution in [0.25, 0.3) is 0 Å². The van der Waals surface area contributed by atoms with E-state index < -0.39 is 6.09 Å². The zero-order valence-corrected chi connectivity index (χ0v) is 18.0. The minimum Gasteiger partial charge on any atom is -0.490 e. The van der Waals surface area contributed by atoms with Gasteiger partial charge in [-0.25, -0.2) is 4.79 Å². The number of halogens is 3. The van der Waals surface area contributed by atoms with E-state index in [0.29, 0.717) is 35.9 Å². The first-order valence-corrected chi connectivity index (χ1v) is 10.6. The molecule has 1 atom stereocenters. The Hall–Kier alpha value is -1.24. The van der Waals surface area contributed by atoms with Crippen molar-refractivity contribution in [3.63, 3.8) is 0 Å². The monoisotopic (exact) mass is 503 g/mol. The average Bonchev–Trinajstić information content (AvgIpc) is 2.65. The van der Waals surface area contributed by atoms with Crippen LogP contribution in [-0.2, 0) is 11.2 Å². The first-order chi connectivity index (χ1) is 12.6. The molecule has 0 saturated carbocycles. The molecule has 0 aliphatic heterocycles. The molecule has 0 radical (unpaired) electrons. The van der Waals surface area contributed by atoms with Crippen LogP contribution in [0.1, 0.15) is 11.1 Å². The van der Waals surface area contributed by atoms with Gasteiger partial charge in [0.05, 0.1) is 16.4 Å². The van der Waals surface area contributed by atoms with Crippen LogP contribution in [0.15, 0.2) is 48.5 Å². The molecule has 0 aromatic heterocycles. The van der Waals surface area contributed by atoms with Gasteiger partial charge in [-0.1, -0.05) is 79.9 Å². The number of ether oxygens (including phenoxy) is 2. The lowest BCUT2D eigenvalue weighted by Crippen LogP contribution is -2.30. The van der Waals surface area contributed by atoms with Gasteiger partial charge in [0.25, 0.3) is 0 Å². The van der Waals surface area contributed by atoms with Crippen LogP contribution in [0.2, 0.25) is 5.02 Å². The number of carbonyl (C=O) groups excluding carboxylic acids is 1. The van der Waals surface area contributed by atoms with Crippen molar-refractivity contribution in [3.05, 3.63) is 64.7 Å². The average molecular weight is 506 g/mol. The molecule has 0 aliphatic carbocycles. The number of nitrogens with one attached hydrogen (secondary N) is 1. The normalized spacial score (nSPS) is 11.7. The largest absolute Gasteiger partial charge is 0.490 e. The third-order valence-electron chi connectivity index (χ3n) is 3.44. The maximum Gasteiger partial charge on any atom is 0.407 e. The van der Waals surface area contributed by atoms with E-state index in [-0.39, 0.29) is 4.83 Å². The Morgan fingerprint density at radius 1 is 1.15 bits per heavy atom. The molecule has 2 aromatic rings. The van der Waals surface area contributed by atoms with Gasteiger partial charge in [0.2, 0.25) is 0 Å². The van der Waals surface area contributed by atoms with E-state index in [4.69, 9.17) is 21.1 Å². The predicted molar refractivity (Wildman–Crippen MR) is 112 cm³/mol. The maximum atomic E-state index is 11.5. The quantitative estimate of drug-likeness (QED) is 0.377. The van der Waals surface area contributed by atoms with Crippen molar-refractivity contribution < 1.29 is 14.3 Å². The molecule has 0 fully saturated rings. The number of amides is 1. The number of carbonyl (C=O) groups is 1. The van der Waals surface area contributed by atoms with Gasteiger partial charge in [0.1, 0.15) is 19.0 Å². The minimum atomic E-state index is -0.469. The molecule has 4 nitrogen and oxygen atoms in total. The summed E-state index contributed by atoms with van der Waals surface area (Å²) in [6.07, 6.45) is 0.348. The molecule has 0 spiro atoms. The zero-order valence-electron chi connectivity index (χ0n) is 14.1. The van der Waals surface area contributed by atoms with Crippen molar-refractivity contribution in [2.45, 2.75) is 11.2 Å². The second-order valence-corrected chi connectivity index (χ2v) is 7.90. The molecule has 0 saturated heterocycles. The van der Waals surface area contributed by atoms with E-state index >= 15 is 0 Å². The highest BCUT2D eigenvalue weighted by Gasteiger charge is 2.08. The highest BCUT2D eigenvalue weighted by Crippen LogP contribution is 2.26. The second kappa shape index (κ2) is 11.5.